The minimum absolute atomic E-state index is 0.00474. The van der Waals surface area contributed by atoms with E-state index >= 15 is 0 Å². The molecule has 2 aromatic rings. The summed E-state index contributed by atoms with van der Waals surface area (Å²) in [7, 11) is 3.85. The van der Waals surface area contributed by atoms with E-state index in [4.69, 9.17) is 0 Å². The van der Waals surface area contributed by atoms with Crippen LogP contribution in [0.25, 0.3) is 0 Å². The maximum absolute atomic E-state index is 12.3. The van der Waals surface area contributed by atoms with E-state index in [9.17, 15) is 4.79 Å². The molecule has 22 heavy (non-hydrogen) atoms. The van der Waals surface area contributed by atoms with E-state index in [0.717, 1.165) is 24.4 Å². The summed E-state index contributed by atoms with van der Waals surface area (Å²) in [6.07, 6.45) is 2.17. The molecule has 1 aromatic heterocycles. The Labute approximate surface area is 130 Å². The van der Waals surface area contributed by atoms with Crippen LogP contribution in [0.1, 0.15) is 29.3 Å². The molecule has 1 aromatic carbocycles. The predicted molar refractivity (Wildman–Crippen MR) is 86.7 cm³/mol. The number of aromatic nitrogens is 2. The first kappa shape index (κ1) is 14.8. The zero-order valence-electron chi connectivity index (χ0n) is 13.3. The minimum atomic E-state index is -0.00474. The van der Waals surface area contributed by atoms with Crippen LogP contribution in [0.3, 0.4) is 0 Å². The van der Waals surface area contributed by atoms with Crippen LogP contribution in [0, 0.1) is 6.92 Å². The highest BCUT2D eigenvalue weighted by Crippen LogP contribution is 2.34. The first-order chi connectivity index (χ1) is 10.5. The van der Waals surface area contributed by atoms with E-state index in [1.807, 2.05) is 27.1 Å². The number of anilines is 1. The van der Waals surface area contributed by atoms with Crippen LogP contribution in [0.5, 0.6) is 0 Å². The van der Waals surface area contributed by atoms with Gasteiger partial charge in [-0.25, -0.2) is 0 Å². The molecule has 1 atom stereocenters. The van der Waals surface area contributed by atoms with Crippen molar-refractivity contribution >= 4 is 11.7 Å². The van der Waals surface area contributed by atoms with Crippen molar-refractivity contribution in [1.29, 1.82) is 0 Å². The largest absolute Gasteiger partial charge is 0.310 e. The number of hydrogen-bond donors (Lipinski definition) is 1. The number of carbonyl (C=O) groups is 1. The summed E-state index contributed by atoms with van der Waals surface area (Å²) >= 11 is 0. The molecule has 0 saturated heterocycles. The zero-order chi connectivity index (χ0) is 15.7. The number of fused-ring (bicyclic) bond motifs is 1. The van der Waals surface area contributed by atoms with E-state index < -0.39 is 0 Å². The Morgan fingerprint density at radius 3 is 2.95 bits per heavy atom. The van der Waals surface area contributed by atoms with Gasteiger partial charge in [0.25, 0.3) is 0 Å². The summed E-state index contributed by atoms with van der Waals surface area (Å²) in [6, 6.07) is 10.7. The van der Waals surface area contributed by atoms with Crippen LogP contribution in [0.15, 0.2) is 30.3 Å². The molecule has 3 rings (SSSR count). The number of amides is 1. The average molecular weight is 298 g/mol. The lowest BCUT2D eigenvalue weighted by Gasteiger charge is -2.24. The van der Waals surface area contributed by atoms with Crippen LogP contribution in [0.4, 0.5) is 5.82 Å². The summed E-state index contributed by atoms with van der Waals surface area (Å²) in [5.74, 6) is 0.734. The Bertz CT molecular complexity index is 692. The summed E-state index contributed by atoms with van der Waals surface area (Å²) in [5.41, 5.74) is 3.66. The molecule has 0 aliphatic heterocycles. The number of nitrogens with one attached hydrogen (secondary N) is 1. The number of nitrogens with zero attached hydrogens (tertiary/aromatic N) is 3. The SMILES string of the molecule is Cc1cc(NC(=O)CN(C)C2CCc3ccccc32)n(C)n1. The van der Waals surface area contributed by atoms with Crippen LogP contribution in [0.2, 0.25) is 0 Å². The first-order valence-electron chi connectivity index (χ1n) is 7.63. The van der Waals surface area contributed by atoms with Gasteiger partial charge in [0.1, 0.15) is 5.82 Å². The third kappa shape index (κ3) is 2.90. The maximum Gasteiger partial charge on any atom is 0.239 e. The number of likely N-dealkylation sites (N-methyl/N-ethyl adjacent to an activating group) is 1. The fraction of sp³-hybridized carbons (Fsp3) is 0.412. The lowest BCUT2D eigenvalue weighted by molar-refractivity contribution is -0.117. The molecule has 0 saturated carbocycles. The Kier molecular flexibility index (Phi) is 3.98. The van der Waals surface area contributed by atoms with Crippen molar-refractivity contribution in [2.24, 2.45) is 7.05 Å². The third-order valence-corrected chi connectivity index (χ3v) is 4.30. The second-order valence-corrected chi connectivity index (χ2v) is 6.01. The lowest BCUT2D eigenvalue weighted by Crippen LogP contribution is -2.33. The number of hydrogen-bond acceptors (Lipinski definition) is 3. The summed E-state index contributed by atoms with van der Waals surface area (Å²) in [5, 5.41) is 7.17. The normalized spacial score (nSPS) is 16.8. The van der Waals surface area contributed by atoms with E-state index in [1.54, 1.807) is 4.68 Å². The average Bonchev–Trinajstić information content (AvgIpc) is 3.02. The number of rotatable bonds is 4. The molecule has 0 bridgehead atoms. The van der Waals surface area contributed by atoms with Gasteiger partial charge in [-0.2, -0.15) is 5.10 Å². The second-order valence-electron chi connectivity index (χ2n) is 6.01. The fourth-order valence-corrected chi connectivity index (χ4v) is 3.24. The number of benzene rings is 1. The predicted octanol–water partition coefficient (Wildman–Crippen LogP) is 2.29. The molecule has 0 radical (unpaired) electrons. The lowest BCUT2D eigenvalue weighted by atomic mass is 10.1. The van der Waals surface area contributed by atoms with Gasteiger partial charge in [0.05, 0.1) is 12.2 Å². The monoisotopic (exact) mass is 298 g/mol. The van der Waals surface area contributed by atoms with Crippen LogP contribution in [-0.2, 0) is 18.3 Å². The van der Waals surface area contributed by atoms with Gasteiger partial charge in [0, 0.05) is 19.2 Å². The highest BCUT2D eigenvalue weighted by molar-refractivity contribution is 5.91. The molecule has 1 N–H and O–H groups in total. The van der Waals surface area contributed by atoms with Crippen molar-refractivity contribution in [2.45, 2.75) is 25.8 Å². The van der Waals surface area contributed by atoms with Gasteiger partial charge >= 0.3 is 0 Å². The third-order valence-electron chi connectivity index (χ3n) is 4.30. The number of aryl methyl sites for hydroxylation is 3. The van der Waals surface area contributed by atoms with Crippen LogP contribution in [-0.4, -0.2) is 34.2 Å². The second kappa shape index (κ2) is 5.93. The Morgan fingerprint density at radius 2 is 2.23 bits per heavy atom. The van der Waals surface area contributed by atoms with E-state index in [0.29, 0.717) is 12.6 Å². The molecule has 5 heteroatoms. The first-order valence-corrected chi connectivity index (χ1v) is 7.63. The van der Waals surface area contributed by atoms with Gasteiger partial charge in [-0.15, -0.1) is 0 Å². The molecule has 5 nitrogen and oxygen atoms in total. The summed E-state index contributed by atoms with van der Waals surface area (Å²) < 4.78 is 1.69. The van der Waals surface area contributed by atoms with Crippen molar-refractivity contribution in [1.82, 2.24) is 14.7 Å². The minimum Gasteiger partial charge on any atom is -0.310 e. The Hall–Kier alpha value is -2.14. The molecule has 0 fully saturated rings. The Balaban J connectivity index is 1.64. The van der Waals surface area contributed by atoms with Crippen molar-refractivity contribution < 1.29 is 4.79 Å². The quantitative estimate of drug-likeness (QED) is 0.942. The molecular weight excluding hydrogens is 276 g/mol. The molecule has 0 spiro atoms. The standard InChI is InChI=1S/C17H22N4O/c1-12-10-16(21(3)19-12)18-17(22)11-20(2)15-9-8-13-6-4-5-7-14(13)15/h4-7,10,15H,8-9,11H2,1-3H3,(H,18,22). The van der Waals surface area contributed by atoms with Gasteiger partial charge < -0.3 is 5.32 Å². The van der Waals surface area contributed by atoms with Gasteiger partial charge in [0.15, 0.2) is 0 Å². The summed E-state index contributed by atoms with van der Waals surface area (Å²) in [4.78, 5) is 14.4. The van der Waals surface area contributed by atoms with E-state index in [2.05, 4.69) is 39.6 Å². The molecule has 1 unspecified atom stereocenters. The van der Waals surface area contributed by atoms with Gasteiger partial charge in [-0.3, -0.25) is 14.4 Å². The topological polar surface area (TPSA) is 50.2 Å². The van der Waals surface area contributed by atoms with Crippen molar-refractivity contribution in [2.75, 3.05) is 18.9 Å². The molecular formula is C17H22N4O. The molecule has 1 aliphatic carbocycles. The van der Waals surface area contributed by atoms with Crippen molar-refractivity contribution in [3.63, 3.8) is 0 Å². The van der Waals surface area contributed by atoms with E-state index in [-0.39, 0.29) is 5.91 Å². The van der Waals surface area contributed by atoms with Crippen molar-refractivity contribution in [3.8, 4) is 0 Å². The Morgan fingerprint density at radius 1 is 1.45 bits per heavy atom. The van der Waals surface area contributed by atoms with Gasteiger partial charge in [-0.05, 0) is 37.9 Å². The molecule has 1 amide bonds. The maximum atomic E-state index is 12.3. The van der Waals surface area contributed by atoms with Gasteiger partial charge in [-0.1, -0.05) is 24.3 Å². The highest BCUT2D eigenvalue weighted by atomic mass is 16.2. The highest BCUT2D eigenvalue weighted by Gasteiger charge is 2.26. The fourth-order valence-electron chi connectivity index (χ4n) is 3.24. The smallest absolute Gasteiger partial charge is 0.239 e. The zero-order valence-corrected chi connectivity index (χ0v) is 13.3. The van der Waals surface area contributed by atoms with Gasteiger partial charge in [0.2, 0.25) is 5.91 Å². The number of carbonyl (C=O) groups excluding carboxylic acids is 1. The van der Waals surface area contributed by atoms with E-state index in [1.165, 1.54) is 11.1 Å². The molecule has 1 heterocycles. The van der Waals surface area contributed by atoms with Crippen molar-refractivity contribution in [3.05, 3.63) is 47.2 Å². The molecule has 116 valence electrons. The summed E-state index contributed by atoms with van der Waals surface area (Å²) in [6.45, 7) is 2.29. The molecule has 1 aliphatic rings. The van der Waals surface area contributed by atoms with Crippen LogP contribution < -0.4 is 5.32 Å². The van der Waals surface area contributed by atoms with Crippen LogP contribution >= 0.6 is 0 Å².